The number of ether oxygens (including phenoxy) is 4. The summed E-state index contributed by atoms with van der Waals surface area (Å²) in [5.41, 5.74) is 0.0821. The Kier molecular flexibility index (Phi) is 6.96. The van der Waals surface area contributed by atoms with E-state index in [2.05, 4.69) is 11.8 Å². The topological polar surface area (TPSA) is 57.2 Å². The minimum Gasteiger partial charge on any atom is -0.497 e. The van der Waals surface area contributed by atoms with Gasteiger partial charge in [0, 0.05) is 38.8 Å². The fourth-order valence-corrected chi connectivity index (χ4v) is 4.83. The van der Waals surface area contributed by atoms with Crippen LogP contribution in [0.3, 0.4) is 0 Å². The standard InChI is InChI=1S/C22H33NO5/c1-5-28-19-12-8-17(9-13-19)23-14-20(16-6-10-18(25-2)11-7-16)22(15-23,27-4)21(24)26-3/h6-7,10-11,17,19-20H,5,8-9,12-15H2,1-4H3. The highest BCUT2D eigenvalue weighted by Crippen LogP contribution is 2.42. The maximum absolute atomic E-state index is 12.8. The Morgan fingerprint density at radius 3 is 2.32 bits per heavy atom. The Labute approximate surface area is 168 Å². The molecule has 2 unspecified atom stereocenters. The maximum Gasteiger partial charge on any atom is 0.340 e. The predicted molar refractivity (Wildman–Crippen MR) is 107 cm³/mol. The summed E-state index contributed by atoms with van der Waals surface area (Å²) in [7, 11) is 4.70. The van der Waals surface area contributed by atoms with Crippen LogP contribution in [0.2, 0.25) is 0 Å². The number of nitrogens with zero attached hydrogens (tertiary/aromatic N) is 1. The van der Waals surface area contributed by atoms with E-state index in [9.17, 15) is 4.79 Å². The lowest BCUT2D eigenvalue weighted by Crippen LogP contribution is -2.49. The zero-order valence-corrected chi connectivity index (χ0v) is 17.5. The van der Waals surface area contributed by atoms with Crippen LogP contribution in [-0.2, 0) is 19.0 Å². The maximum atomic E-state index is 12.8. The van der Waals surface area contributed by atoms with E-state index < -0.39 is 5.60 Å². The number of methoxy groups -OCH3 is 3. The first-order valence-electron chi connectivity index (χ1n) is 10.2. The summed E-state index contributed by atoms with van der Waals surface area (Å²) in [4.78, 5) is 15.2. The number of rotatable bonds is 7. The van der Waals surface area contributed by atoms with Crippen LogP contribution in [-0.4, -0.2) is 69.6 Å². The Morgan fingerprint density at radius 2 is 1.79 bits per heavy atom. The van der Waals surface area contributed by atoms with E-state index >= 15 is 0 Å². The molecule has 1 aliphatic heterocycles. The van der Waals surface area contributed by atoms with Crippen LogP contribution in [0.1, 0.15) is 44.1 Å². The van der Waals surface area contributed by atoms with Crippen LogP contribution in [0.15, 0.2) is 24.3 Å². The van der Waals surface area contributed by atoms with E-state index in [1.165, 1.54) is 7.11 Å². The first kappa shape index (κ1) is 21.1. The second-order valence-corrected chi connectivity index (χ2v) is 7.73. The molecule has 0 bridgehead atoms. The van der Waals surface area contributed by atoms with Gasteiger partial charge in [-0.3, -0.25) is 4.90 Å². The van der Waals surface area contributed by atoms with E-state index in [0.717, 1.165) is 50.1 Å². The third-order valence-corrected chi connectivity index (χ3v) is 6.39. The Morgan fingerprint density at radius 1 is 1.11 bits per heavy atom. The van der Waals surface area contributed by atoms with Gasteiger partial charge in [0.1, 0.15) is 5.75 Å². The molecule has 1 aromatic carbocycles. The summed E-state index contributed by atoms with van der Waals surface area (Å²) >= 11 is 0. The van der Waals surface area contributed by atoms with Crippen molar-refractivity contribution in [2.45, 2.75) is 56.3 Å². The van der Waals surface area contributed by atoms with Gasteiger partial charge < -0.3 is 18.9 Å². The van der Waals surface area contributed by atoms with Crippen molar-refractivity contribution >= 4 is 5.97 Å². The van der Waals surface area contributed by atoms with Crippen LogP contribution in [0.25, 0.3) is 0 Å². The minimum absolute atomic E-state index is 0.0829. The second-order valence-electron chi connectivity index (χ2n) is 7.73. The first-order chi connectivity index (χ1) is 13.6. The smallest absolute Gasteiger partial charge is 0.340 e. The summed E-state index contributed by atoms with van der Waals surface area (Å²) in [5, 5.41) is 0. The molecular formula is C22H33NO5. The summed E-state index contributed by atoms with van der Waals surface area (Å²) in [5.74, 6) is 0.413. The zero-order chi connectivity index (χ0) is 20.1. The number of esters is 1. The van der Waals surface area contributed by atoms with Gasteiger partial charge in [0.25, 0.3) is 0 Å². The van der Waals surface area contributed by atoms with E-state index in [1.54, 1.807) is 14.2 Å². The second kappa shape index (κ2) is 9.25. The fourth-order valence-electron chi connectivity index (χ4n) is 4.83. The fraction of sp³-hybridized carbons (Fsp3) is 0.682. The quantitative estimate of drug-likeness (QED) is 0.666. The highest BCUT2D eigenvalue weighted by atomic mass is 16.6. The molecule has 6 heteroatoms. The molecule has 1 aliphatic carbocycles. The molecule has 0 radical (unpaired) electrons. The van der Waals surface area contributed by atoms with E-state index in [4.69, 9.17) is 18.9 Å². The van der Waals surface area contributed by atoms with Gasteiger partial charge in [-0.2, -0.15) is 0 Å². The third kappa shape index (κ3) is 4.04. The van der Waals surface area contributed by atoms with Gasteiger partial charge in [-0.15, -0.1) is 0 Å². The van der Waals surface area contributed by atoms with Crippen LogP contribution in [0, 0.1) is 0 Å². The first-order valence-corrected chi connectivity index (χ1v) is 10.2. The monoisotopic (exact) mass is 391 g/mol. The molecule has 2 aliphatic rings. The number of likely N-dealkylation sites (tertiary alicyclic amines) is 1. The molecule has 0 aromatic heterocycles. The summed E-state index contributed by atoms with van der Waals surface area (Å²) in [6.45, 7) is 4.15. The van der Waals surface area contributed by atoms with E-state index in [1.807, 2.05) is 24.3 Å². The van der Waals surface area contributed by atoms with Crippen LogP contribution < -0.4 is 4.74 Å². The molecule has 1 saturated heterocycles. The van der Waals surface area contributed by atoms with Crippen LogP contribution in [0.5, 0.6) is 5.75 Å². The van der Waals surface area contributed by atoms with Gasteiger partial charge >= 0.3 is 5.97 Å². The summed E-state index contributed by atoms with van der Waals surface area (Å²) in [6.07, 6.45) is 4.68. The number of benzene rings is 1. The molecule has 6 nitrogen and oxygen atoms in total. The normalized spacial score (nSPS) is 30.9. The van der Waals surface area contributed by atoms with Crippen LogP contribution >= 0.6 is 0 Å². The lowest BCUT2D eigenvalue weighted by Gasteiger charge is -2.35. The molecule has 3 rings (SSSR count). The van der Waals surface area contributed by atoms with Crippen molar-refractivity contribution in [3.8, 4) is 5.75 Å². The van der Waals surface area contributed by atoms with Crippen molar-refractivity contribution in [3.63, 3.8) is 0 Å². The van der Waals surface area contributed by atoms with E-state index in [0.29, 0.717) is 18.7 Å². The summed E-state index contributed by atoms with van der Waals surface area (Å²) < 4.78 is 22.1. The van der Waals surface area contributed by atoms with Crippen molar-refractivity contribution in [3.05, 3.63) is 29.8 Å². The van der Waals surface area contributed by atoms with Crippen LogP contribution in [0.4, 0.5) is 0 Å². The highest BCUT2D eigenvalue weighted by Gasteiger charge is 2.55. The molecule has 0 amide bonds. The lowest BCUT2D eigenvalue weighted by molar-refractivity contribution is -0.166. The highest BCUT2D eigenvalue weighted by molar-refractivity contribution is 5.82. The number of carbonyl (C=O) groups excluding carboxylic acids is 1. The van der Waals surface area contributed by atoms with Gasteiger partial charge in [0.15, 0.2) is 5.60 Å². The van der Waals surface area contributed by atoms with Gasteiger partial charge in [-0.1, -0.05) is 12.1 Å². The SMILES string of the molecule is CCOC1CCC(N2CC(c3ccc(OC)cc3)C(OC)(C(=O)OC)C2)CC1. The van der Waals surface area contributed by atoms with Crippen molar-refractivity contribution in [1.82, 2.24) is 4.90 Å². The average molecular weight is 392 g/mol. The van der Waals surface area contributed by atoms with Crippen molar-refractivity contribution in [2.24, 2.45) is 0 Å². The Hall–Kier alpha value is -1.63. The molecule has 2 fully saturated rings. The molecule has 1 heterocycles. The number of hydrogen-bond acceptors (Lipinski definition) is 6. The predicted octanol–water partition coefficient (Wildman–Crippen LogP) is 3.00. The number of carbonyl (C=O) groups is 1. The molecule has 156 valence electrons. The largest absolute Gasteiger partial charge is 0.497 e. The molecule has 0 spiro atoms. The molecule has 2 atom stereocenters. The van der Waals surface area contributed by atoms with Gasteiger partial charge in [-0.05, 0) is 50.3 Å². The third-order valence-electron chi connectivity index (χ3n) is 6.39. The molecule has 1 aromatic rings. The minimum atomic E-state index is -0.986. The molecule has 28 heavy (non-hydrogen) atoms. The van der Waals surface area contributed by atoms with Crippen molar-refractivity contribution in [2.75, 3.05) is 41.0 Å². The van der Waals surface area contributed by atoms with Gasteiger partial charge in [-0.25, -0.2) is 4.79 Å². The molecular weight excluding hydrogens is 358 g/mol. The Balaban J connectivity index is 1.81. The zero-order valence-electron chi connectivity index (χ0n) is 17.5. The Bertz CT molecular complexity index is 641. The van der Waals surface area contributed by atoms with Gasteiger partial charge in [0.2, 0.25) is 0 Å². The van der Waals surface area contributed by atoms with E-state index in [-0.39, 0.29) is 11.9 Å². The molecule has 1 saturated carbocycles. The van der Waals surface area contributed by atoms with Crippen molar-refractivity contribution in [1.29, 1.82) is 0 Å². The van der Waals surface area contributed by atoms with Gasteiger partial charge in [0.05, 0.1) is 20.3 Å². The average Bonchev–Trinajstić information content (AvgIpc) is 3.15. The number of hydrogen-bond donors (Lipinski definition) is 0. The molecule has 0 N–H and O–H groups in total. The van der Waals surface area contributed by atoms with Crippen molar-refractivity contribution < 1.29 is 23.7 Å². The summed E-state index contributed by atoms with van der Waals surface area (Å²) in [6, 6.07) is 8.36. The lowest BCUT2D eigenvalue weighted by atomic mass is 9.84.